The Labute approximate surface area is 216 Å². The number of amides is 1. The number of aromatic amines is 1. The van der Waals surface area contributed by atoms with Crippen LogP contribution in [0.3, 0.4) is 0 Å². The highest BCUT2D eigenvalue weighted by Crippen LogP contribution is 2.55. The smallest absolute Gasteiger partial charge is 0.320 e. The topological polar surface area (TPSA) is 145 Å². The van der Waals surface area contributed by atoms with E-state index in [2.05, 4.69) is 10.2 Å². The number of rotatable bonds is 8. The van der Waals surface area contributed by atoms with Crippen molar-refractivity contribution in [3.8, 4) is 5.75 Å². The van der Waals surface area contributed by atoms with Gasteiger partial charge < -0.3 is 19.5 Å². The van der Waals surface area contributed by atoms with Gasteiger partial charge >= 0.3 is 16.0 Å². The number of allylic oxidation sites excluding steroid dienone is 2. The first-order valence-electron chi connectivity index (χ1n) is 11.1. The predicted octanol–water partition coefficient (Wildman–Crippen LogP) is 1.46. The molecule has 2 unspecified atom stereocenters. The first-order valence-corrected chi connectivity index (χ1v) is 13.9. The van der Waals surface area contributed by atoms with Gasteiger partial charge in [0.1, 0.15) is 5.70 Å². The predicted molar refractivity (Wildman–Crippen MR) is 136 cm³/mol. The average Bonchev–Trinajstić information content (AvgIpc) is 3.52. The van der Waals surface area contributed by atoms with Gasteiger partial charge in [0.25, 0.3) is 5.91 Å². The number of quaternary nitrogens is 1. The second-order valence-corrected chi connectivity index (χ2v) is 11.3. The lowest BCUT2D eigenvalue weighted by Gasteiger charge is -2.44. The molecule has 0 saturated carbocycles. The number of thiocarbonyl (C=S) groups is 1. The standard InChI is InChI=1S/C21H23N5O7S3/c1-13-12-16(23-22-13)25-19(28)14(24(21(25)34)6-9-32-10-8-27)2-3-17-26(7-4-18(26)36(29,30)31)20-15(33-17)5-11-35-20/h2-3,5,11-12,18,27H,4,6-10H2,1H3,(H-,22,23,29,30,31)/p+1. The Kier molecular flexibility index (Phi) is 6.48. The van der Waals surface area contributed by atoms with Crippen molar-refractivity contribution in [2.45, 2.75) is 18.7 Å². The Morgan fingerprint density at radius 1 is 1.42 bits per heavy atom. The Morgan fingerprint density at radius 3 is 2.86 bits per heavy atom. The molecular weight excluding hydrogens is 530 g/mol. The summed E-state index contributed by atoms with van der Waals surface area (Å²) < 4.78 is 45.4. The number of aryl methyl sites for hydroxylation is 1. The van der Waals surface area contributed by atoms with E-state index in [4.69, 9.17) is 26.8 Å². The van der Waals surface area contributed by atoms with E-state index in [1.807, 2.05) is 0 Å². The summed E-state index contributed by atoms with van der Waals surface area (Å²) in [5.41, 5.74) is 0.977. The maximum Gasteiger partial charge on any atom is 0.320 e. The first-order chi connectivity index (χ1) is 17.2. The summed E-state index contributed by atoms with van der Waals surface area (Å²) in [7, 11) is -4.36. The van der Waals surface area contributed by atoms with Crippen molar-refractivity contribution in [1.29, 1.82) is 0 Å². The zero-order valence-electron chi connectivity index (χ0n) is 19.2. The lowest BCUT2D eigenvalue weighted by Crippen LogP contribution is -2.67. The summed E-state index contributed by atoms with van der Waals surface area (Å²) in [6.07, 6.45) is 3.36. The van der Waals surface area contributed by atoms with Gasteiger partial charge in [-0.05, 0) is 31.3 Å². The number of thiophene rings is 1. The molecule has 2 aromatic heterocycles. The molecule has 3 aliphatic heterocycles. The van der Waals surface area contributed by atoms with Crippen LogP contribution in [0.2, 0.25) is 0 Å². The van der Waals surface area contributed by atoms with Crippen LogP contribution in [-0.2, 0) is 19.6 Å². The van der Waals surface area contributed by atoms with Crippen molar-refractivity contribution >= 4 is 55.5 Å². The van der Waals surface area contributed by atoms with Gasteiger partial charge in [-0.1, -0.05) is 11.3 Å². The Bertz CT molecular complexity index is 1380. The third-order valence-electron chi connectivity index (χ3n) is 6.28. The lowest BCUT2D eigenvalue weighted by molar-refractivity contribution is -0.114. The minimum Gasteiger partial charge on any atom is -0.405 e. The molecule has 3 N–H and O–H groups in total. The Balaban J connectivity index is 1.52. The van der Waals surface area contributed by atoms with E-state index in [1.54, 1.807) is 35.4 Å². The van der Waals surface area contributed by atoms with Crippen molar-refractivity contribution in [3.63, 3.8) is 0 Å². The molecule has 15 heteroatoms. The zero-order chi connectivity index (χ0) is 25.7. The number of hydrogen-bond donors (Lipinski definition) is 3. The van der Waals surface area contributed by atoms with Crippen molar-refractivity contribution in [2.24, 2.45) is 0 Å². The summed E-state index contributed by atoms with van der Waals surface area (Å²) in [5, 5.41) is 17.5. The zero-order valence-corrected chi connectivity index (χ0v) is 21.6. The minimum absolute atomic E-state index is 0.132. The van der Waals surface area contributed by atoms with Gasteiger partial charge in [0.15, 0.2) is 10.9 Å². The van der Waals surface area contributed by atoms with Crippen molar-refractivity contribution in [1.82, 2.24) is 19.6 Å². The molecule has 5 rings (SSSR count). The maximum atomic E-state index is 13.5. The van der Waals surface area contributed by atoms with E-state index in [-0.39, 0.29) is 48.1 Å². The Morgan fingerprint density at radius 2 is 2.22 bits per heavy atom. The quantitative estimate of drug-likeness (QED) is 0.144. The fraction of sp³-hybridized carbons (Fsp3) is 0.381. The average molecular weight is 555 g/mol. The van der Waals surface area contributed by atoms with Crippen LogP contribution in [0.4, 0.5) is 10.8 Å². The number of H-pyrrole nitrogens is 1. The molecule has 1 spiro atoms. The molecule has 0 bridgehead atoms. The van der Waals surface area contributed by atoms with E-state index in [9.17, 15) is 17.8 Å². The van der Waals surface area contributed by atoms with E-state index >= 15 is 0 Å². The number of aliphatic hydroxyl groups excluding tert-OH is 1. The molecule has 12 nitrogen and oxygen atoms in total. The lowest BCUT2D eigenvalue weighted by atomic mass is 10.1. The largest absolute Gasteiger partial charge is 0.405 e. The third kappa shape index (κ3) is 3.96. The van der Waals surface area contributed by atoms with Crippen LogP contribution in [0.25, 0.3) is 0 Å². The van der Waals surface area contributed by atoms with Crippen molar-refractivity contribution < 1.29 is 32.3 Å². The molecule has 0 radical (unpaired) electrons. The second-order valence-electron chi connectivity index (χ2n) is 8.42. The van der Waals surface area contributed by atoms with E-state index in [0.29, 0.717) is 29.0 Å². The summed E-state index contributed by atoms with van der Waals surface area (Å²) in [5.74, 6) is 0.744. The number of aliphatic hydroxyl groups is 1. The number of fused-ring (bicyclic) bond motifs is 2. The number of carbonyl (C=O) groups is 1. The highest BCUT2D eigenvalue weighted by molar-refractivity contribution is 7.86. The minimum atomic E-state index is -4.36. The molecule has 192 valence electrons. The van der Waals surface area contributed by atoms with Crippen LogP contribution in [0.1, 0.15) is 12.1 Å². The Hall–Kier alpha value is -2.66. The molecule has 2 aromatic rings. The SMILES string of the molecule is Cc1cc(N2C(=O)C(=CC=C3Oc4ccsc4[N+]34CCC4S(=O)(=O)O)N(CCOCCO)C2=S)n[nH]1. The first kappa shape index (κ1) is 25.0. The fourth-order valence-electron chi connectivity index (χ4n) is 4.58. The van der Waals surface area contributed by atoms with E-state index in [0.717, 1.165) is 5.69 Å². The molecule has 2 fully saturated rings. The van der Waals surface area contributed by atoms with Crippen LogP contribution >= 0.6 is 23.6 Å². The number of nitrogens with one attached hydrogen (secondary N) is 1. The van der Waals surface area contributed by atoms with Gasteiger partial charge in [0, 0.05) is 29.8 Å². The summed E-state index contributed by atoms with van der Waals surface area (Å²) >= 11 is 6.94. The molecular formula is C21H24N5O7S3+. The van der Waals surface area contributed by atoms with Gasteiger partial charge in [0.2, 0.25) is 16.1 Å². The van der Waals surface area contributed by atoms with Gasteiger partial charge in [-0.25, -0.2) is 4.90 Å². The highest BCUT2D eigenvalue weighted by atomic mass is 32.2. The number of ether oxygens (including phenoxy) is 2. The van der Waals surface area contributed by atoms with Crippen LogP contribution in [0.15, 0.2) is 41.2 Å². The van der Waals surface area contributed by atoms with Crippen LogP contribution in [-0.4, -0.2) is 82.5 Å². The maximum absolute atomic E-state index is 13.5. The van der Waals surface area contributed by atoms with Gasteiger partial charge in [-0.15, -0.1) is 0 Å². The number of hydrogen-bond acceptors (Lipinski definition) is 9. The fourth-order valence-corrected chi connectivity index (χ4v) is 7.23. The second kappa shape index (κ2) is 9.33. The van der Waals surface area contributed by atoms with E-state index in [1.165, 1.54) is 22.3 Å². The third-order valence-corrected chi connectivity index (χ3v) is 8.99. The van der Waals surface area contributed by atoms with Gasteiger partial charge in [0.05, 0.1) is 32.8 Å². The molecule has 2 atom stereocenters. The van der Waals surface area contributed by atoms with Crippen LogP contribution < -0.4 is 14.1 Å². The summed E-state index contributed by atoms with van der Waals surface area (Å²) in [6, 6.07) is 3.44. The molecule has 0 aliphatic carbocycles. The molecule has 36 heavy (non-hydrogen) atoms. The normalized spacial score (nSPS) is 25.8. The summed E-state index contributed by atoms with van der Waals surface area (Å²) in [4.78, 5) is 16.4. The number of anilines is 1. The van der Waals surface area contributed by atoms with Crippen LogP contribution in [0, 0.1) is 6.92 Å². The van der Waals surface area contributed by atoms with Crippen molar-refractivity contribution in [3.05, 3.63) is 46.9 Å². The van der Waals surface area contributed by atoms with Gasteiger partial charge in [-0.3, -0.25) is 14.4 Å². The molecule has 0 aromatic carbocycles. The molecule has 1 amide bonds. The van der Waals surface area contributed by atoms with Crippen molar-refractivity contribution in [2.75, 3.05) is 37.8 Å². The number of aromatic nitrogens is 2. The van der Waals surface area contributed by atoms with E-state index < -0.39 is 21.4 Å². The monoisotopic (exact) mass is 554 g/mol. The molecule has 2 saturated heterocycles. The number of nitrogens with zero attached hydrogens (tertiary/aromatic N) is 4. The van der Waals surface area contributed by atoms with Gasteiger partial charge in [-0.2, -0.15) is 18.0 Å². The molecule has 5 heterocycles. The molecule has 3 aliphatic rings. The van der Waals surface area contributed by atoms with Crippen LogP contribution in [0.5, 0.6) is 5.75 Å². The summed E-state index contributed by atoms with van der Waals surface area (Å²) in [6.45, 7) is 2.69. The highest BCUT2D eigenvalue weighted by Gasteiger charge is 2.64. The number of carbonyl (C=O) groups excluding carboxylic acids is 1.